The smallest absolute Gasteiger partial charge is 0.251 e. The molecule has 1 saturated carbocycles. The molecule has 0 unspecified atom stereocenters. The predicted octanol–water partition coefficient (Wildman–Crippen LogP) is 3.45. The number of rotatable bonds is 13. The highest BCUT2D eigenvalue weighted by molar-refractivity contribution is 7.99. The Morgan fingerprint density at radius 3 is 2.76 bits per heavy atom. The van der Waals surface area contributed by atoms with Crippen molar-refractivity contribution < 1.29 is 14.6 Å². The van der Waals surface area contributed by atoms with Crippen molar-refractivity contribution >= 4 is 29.0 Å². The maximum absolute atomic E-state index is 12.6. The van der Waals surface area contributed by atoms with Crippen LogP contribution in [0.5, 0.6) is 0 Å². The van der Waals surface area contributed by atoms with Crippen LogP contribution in [0.2, 0.25) is 0 Å². The average molecular weight is 527 g/mol. The van der Waals surface area contributed by atoms with Crippen LogP contribution in [0.4, 0.5) is 5.69 Å². The van der Waals surface area contributed by atoms with Crippen LogP contribution in [-0.2, 0) is 4.74 Å². The van der Waals surface area contributed by atoms with E-state index in [0.717, 1.165) is 59.2 Å². The van der Waals surface area contributed by atoms with E-state index in [0.29, 0.717) is 30.4 Å². The van der Waals surface area contributed by atoms with Crippen LogP contribution in [0.25, 0.3) is 16.9 Å². The Balaban J connectivity index is 1.61. The fourth-order valence-corrected chi connectivity index (χ4v) is 4.84. The molecular formula is C27H38N6O3S. The number of carbonyl (C=O) groups excluding carboxylic acids is 1. The van der Waals surface area contributed by atoms with Crippen molar-refractivity contribution in [2.45, 2.75) is 50.3 Å². The number of aromatic nitrogens is 3. The number of methoxy groups -OCH3 is 1. The number of ether oxygens (including phenoxy) is 1. The monoisotopic (exact) mass is 526 g/mol. The lowest BCUT2D eigenvalue weighted by Gasteiger charge is -2.19. The summed E-state index contributed by atoms with van der Waals surface area (Å²) in [5.41, 5.74) is 4.02. The van der Waals surface area contributed by atoms with Crippen molar-refractivity contribution in [3.05, 3.63) is 41.6 Å². The van der Waals surface area contributed by atoms with Gasteiger partial charge in [0, 0.05) is 49.7 Å². The van der Waals surface area contributed by atoms with Gasteiger partial charge in [-0.05, 0) is 64.4 Å². The summed E-state index contributed by atoms with van der Waals surface area (Å²) in [4.78, 5) is 19.5. The highest BCUT2D eigenvalue weighted by atomic mass is 32.2. The Hall–Kier alpha value is -2.66. The molecule has 200 valence electrons. The fraction of sp³-hybridized carbons (Fsp3) is 0.519. The minimum absolute atomic E-state index is 0.0184. The van der Waals surface area contributed by atoms with E-state index in [-0.39, 0.29) is 5.91 Å². The van der Waals surface area contributed by atoms with Gasteiger partial charge in [-0.1, -0.05) is 6.07 Å². The van der Waals surface area contributed by atoms with Gasteiger partial charge in [-0.15, -0.1) is 11.8 Å². The number of fused-ring (bicyclic) bond motifs is 1. The van der Waals surface area contributed by atoms with E-state index in [9.17, 15) is 9.90 Å². The van der Waals surface area contributed by atoms with Gasteiger partial charge < -0.3 is 25.4 Å². The second-order valence-corrected chi connectivity index (χ2v) is 11.5. The van der Waals surface area contributed by atoms with Crippen molar-refractivity contribution in [3.8, 4) is 11.3 Å². The molecule has 1 fully saturated rings. The zero-order chi connectivity index (χ0) is 26.6. The van der Waals surface area contributed by atoms with Crippen LogP contribution < -0.4 is 10.6 Å². The van der Waals surface area contributed by atoms with Gasteiger partial charge in [0.15, 0.2) is 5.65 Å². The van der Waals surface area contributed by atoms with E-state index in [1.54, 1.807) is 32.7 Å². The largest absolute Gasteiger partial charge is 0.389 e. The first-order valence-corrected chi connectivity index (χ1v) is 13.7. The number of benzene rings is 1. The minimum atomic E-state index is -0.874. The Morgan fingerprint density at radius 1 is 1.30 bits per heavy atom. The van der Waals surface area contributed by atoms with E-state index >= 15 is 0 Å². The van der Waals surface area contributed by atoms with Gasteiger partial charge in [-0.2, -0.15) is 5.10 Å². The molecule has 3 aromatic rings. The number of aliphatic hydroxyl groups is 1. The maximum Gasteiger partial charge on any atom is 0.251 e. The minimum Gasteiger partial charge on any atom is -0.389 e. The Morgan fingerprint density at radius 2 is 2.08 bits per heavy atom. The van der Waals surface area contributed by atoms with Crippen molar-refractivity contribution in [2.24, 2.45) is 0 Å². The number of amides is 1. The molecule has 10 heteroatoms. The Bertz CT molecular complexity index is 1230. The van der Waals surface area contributed by atoms with Gasteiger partial charge in [0.05, 0.1) is 29.8 Å². The molecule has 37 heavy (non-hydrogen) atoms. The first-order chi connectivity index (χ1) is 17.6. The standard InChI is InChI=1S/C27H38N6O3S/c1-18-14-19(6-9-21(18)26(34)30-20-7-8-20)23-16-28-25-22(29-17-27(2,3)35)15-24(31-33(23)25)37-13-11-32(4)10-12-36-5/h6,9,14-16,20,29,35H,7-8,10-13,17H2,1-5H3,(H,30,34). The normalized spacial score (nSPS) is 13.9. The zero-order valence-electron chi connectivity index (χ0n) is 22.4. The van der Waals surface area contributed by atoms with Crippen LogP contribution in [0.15, 0.2) is 35.5 Å². The maximum atomic E-state index is 12.6. The third-order valence-corrected chi connectivity index (χ3v) is 7.12. The topological polar surface area (TPSA) is 104 Å². The lowest BCUT2D eigenvalue weighted by molar-refractivity contribution is 0.0940. The van der Waals surface area contributed by atoms with Gasteiger partial charge in [-0.25, -0.2) is 9.50 Å². The second-order valence-electron chi connectivity index (χ2n) is 10.4. The molecule has 0 saturated heterocycles. The van der Waals surface area contributed by atoms with Crippen molar-refractivity contribution in [3.63, 3.8) is 0 Å². The summed E-state index contributed by atoms with van der Waals surface area (Å²) in [5, 5.41) is 22.5. The van der Waals surface area contributed by atoms with Gasteiger partial charge in [0.2, 0.25) is 0 Å². The van der Waals surface area contributed by atoms with Gasteiger partial charge >= 0.3 is 0 Å². The molecule has 1 aromatic carbocycles. The fourth-order valence-electron chi connectivity index (χ4n) is 3.89. The zero-order valence-corrected chi connectivity index (χ0v) is 23.2. The van der Waals surface area contributed by atoms with Crippen molar-refractivity contribution in [2.75, 3.05) is 51.5 Å². The SMILES string of the molecule is COCCN(C)CCSc1cc(NCC(C)(C)O)c2ncc(-c3ccc(C(=O)NC4CC4)c(C)c3)n2n1. The van der Waals surface area contributed by atoms with Crippen LogP contribution >= 0.6 is 11.8 Å². The van der Waals surface area contributed by atoms with Crippen molar-refractivity contribution in [1.29, 1.82) is 0 Å². The third-order valence-electron chi connectivity index (χ3n) is 6.24. The number of hydrogen-bond donors (Lipinski definition) is 3. The molecular weight excluding hydrogens is 488 g/mol. The number of thioether (sulfide) groups is 1. The molecule has 3 N–H and O–H groups in total. The summed E-state index contributed by atoms with van der Waals surface area (Å²) < 4.78 is 7.02. The molecule has 0 bridgehead atoms. The summed E-state index contributed by atoms with van der Waals surface area (Å²) in [6.45, 7) is 8.36. The summed E-state index contributed by atoms with van der Waals surface area (Å²) in [7, 11) is 3.79. The number of imidazole rings is 1. The summed E-state index contributed by atoms with van der Waals surface area (Å²) in [5.74, 6) is 0.854. The Kier molecular flexibility index (Phi) is 8.74. The van der Waals surface area contributed by atoms with E-state index in [1.807, 2.05) is 41.9 Å². The highest BCUT2D eigenvalue weighted by Crippen LogP contribution is 2.29. The molecule has 2 aromatic heterocycles. The summed E-state index contributed by atoms with van der Waals surface area (Å²) in [6, 6.07) is 8.16. The van der Waals surface area contributed by atoms with E-state index in [4.69, 9.17) is 9.84 Å². The third kappa shape index (κ3) is 7.44. The van der Waals surface area contributed by atoms with E-state index < -0.39 is 5.60 Å². The number of nitrogens with one attached hydrogen (secondary N) is 2. The second kappa shape index (κ2) is 11.8. The molecule has 9 nitrogen and oxygen atoms in total. The molecule has 0 radical (unpaired) electrons. The average Bonchev–Trinajstić information content (AvgIpc) is 3.55. The van der Waals surface area contributed by atoms with Crippen LogP contribution in [0, 0.1) is 6.92 Å². The lowest BCUT2D eigenvalue weighted by atomic mass is 10.0. The summed E-state index contributed by atoms with van der Waals surface area (Å²) in [6.07, 6.45) is 3.93. The van der Waals surface area contributed by atoms with Crippen LogP contribution in [-0.4, -0.2) is 88.3 Å². The number of carbonyl (C=O) groups is 1. The van der Waals surface area contributed by atoms with E-state index in [1.165, 1.54) is 0 Å². The Labute approximate surface area is 223 Å². The van der Waals surface area contributed by atoms with Gasteiger partial charge in [0.1, 0.15) is 5.03 Å². The van der Waals surface area contributed by atoms with Crippen LogP contribution in [0.1, 0.15) is 42.6 Å². The molecule has 1 amide bonds. The molecule has 0 aliphatic heterocycles. The molecule has 0 atom stereocenters. The number of anilines is 1. The van der Waals surface area contributed by atoms with Crippen molar-refractivity contribution in [1.82, 2.24) is 24.8 Å². The first kappa shape index (κ1) is 27.4. The molecule has 2 heterocycles. The van der Waals surface area contributed by atoms with Crippen LogP contribution in [0.3, 0.4) is 0 Å². The summed E-state index contributed by atoms with van der Waals surface area (Å²) >= 11 is 1.68. The lowest BCUT2D eigenvalue weighted by Crippen LogP contribution is -2.29. The quantitative estimate of drug-likeness (QED) is 0.291. The molecule has 1 aliphatic rings. The highest BCUT2D eigenvalue weighted by Gasteiger charge is 2.24. The number of likely N-dealkylation sites (N-methyl/N-ethyl adjacent to an activating group) is 1. The first-order valence-electron chi connectivity index (χ1n) is 12.7. The number of hydrogen-bond acceptors (Lipinski definition) is 8. The number of aryl methyl sites for hydroxylation is 1. The number of nitrogens with zero attached hydrogens (tertiary/aromatic N) is 4. The van der Waals surface area contributed by atoms with Gasteiger partial charge in [-0.3, -0.25) is 4.79 Å². The molecule has 0 spiro atoms. The molecule has 1 aliphatic carbocycles. The van der Waals surface area contributed by atoms with Gasteiger partial charge in [0.25, 0.3) is 5.91 Å². The predicted molar refractivity (Wildman–Crippen MR) is 149 cm³/mol. The molecule has 4 rings (SSSR count). The van der Waals surface area contributed by atoms with E-state index in [2.05, 4.69) is 27.6 Å².